The topological polar surface area (TPSA) is 21.3 Å². The summed E-state index contributed by atoms with van der Waals surface area (Å²) in [7, 11) is 0. The Kier molecular flexibility index (Phi) is 2.50. The van der Waals surface area contributed by atoms with Crippen molar-refractivity contribution in [1.29, 1.82) is 0 Å². The third-order valence-electron chi connectivity index (χ3n) is 3.77. The van der Waals surface area contributed by atoms with Crippen LogP contribution in [0.2, 0.25) is 0 Å². The van der Waals surface area contributed by atoms with Gasteiger partial charge in [0.1, 0.15) is 11.9 Å². The molecule has 2 nitrogen and oxygen atoms in total. The molecule has 16 heavy (non-hydrogen) atoms. The van der Waals surface area contributed by atoms with Crippen molar-refractivity contribution in [2.75, 3.05) is 5.32 Å². The molecule has 86 valence electrons. The molecule has 2 aliphatic rings. The molecule has 0 bridgehead atoms. The Balaban J connectivity index is 1.89. The quantitative estimate of drug-likeness (QED) is 0.778. The third-order valence-corrected chi connectivity index (χ3v) is 3.77. The highest BCUT2D eigenvalue weighted by atomic mass is 16.5. The Bertz CT molecular complexity index is 388. The molecule has 1 aromatic carbocycles. The molecule has 1 saturated carbocycles. The van der Waals surface area contributed by atoms with Gasteiger partial charge in [0.15, 0.2) is 0 Å². The standard InChI is InChI=1S/C14H19NO/c1-2-10-7-8-14-12(9-10)15-11-5-3-4-6-13(11)16-14/h7-9,11,13,15H,2-6H2,1H3. The molecule has 1 aliphatic carbocycles. The van der Waals surface area contributed by atoms with Crippen LogP contribution in [0.1, 0.15) is 38.2 Å². The van der Waals surface area contributed by atoms with Gasteiger partial charge >= 0.3 is 0 Å². The maximum absolute atomic E-state index is 6.07. The number of hydrogen-bond acceptors (Lipinski definition) is 2. The van der Waals surface area contributed by atoms with E-state index in [2.05, 4.69) is 30.4 Å². The van der Waals surface area contributed by atoms with Crippen molar-refractivity contribution < 1.29 is 4.74 Å². The van der Waals surface area contributed by atoms with Crippen molar-refractivity contribution in [2.45, 2.75) is 51.2 Å². The van der Waals surface area contributed by atoms with E-state index < -0.39 is 0 Å². The zero-order valence-electron chi connectivity index (χ0n) is 9.83. The van der Waals surface area contributed by atoms with Gasteiger partial charge in [-0.15, -0.1) is 0 Å². The van der Waals surface area contributed by atoms with E-state index in [1.807, 2.05) is 0 Å². The van der Waals surface area contributed by atoms with Crippen molar-refractivity contribution in [3.63, 3.8) is 0 Å². The monoisotopic (exact) mass is 217 g/mol. The van der Waals surface area contributed by atoms with Crippen LogP contribution in [0.3, 0.4) is 0 Å². The van der Waals surface area contributed by atoms with Crippen molar-refractivity contribution in [1.82, 2.24) is 0 Å². The highest BCUT2D eigenvalue weighted by Crippen LogP contribution is 2.36. The first-order valence-corrected chi connectivity index (χ1v) is 6.43. The molecule has 2 unspecified atom stereocenters. The molecular formula is C14H19NO. The van der Waals surface area contributed by atoms with Gasteiger partial charge in [0.05, 0.1) is 11.7 Å². The minimum Gasteiger partial charge on any atom is -0.486 e. The minimum absolute atomic E-state index is 0.397. The molecule has 0 saturated heterocycles. The van der Waals surface area contributed by atoms with Crippen LogP contribution >= 0.6 is 0 Å². The number of benzene rings is 1. The summed E-state index contributed by atoms with van der Waals surface area (Å²) in [6.45, 7) is 2.19. The fourth-order valence-corrected chi connectivity index (χ4v) is 2.78. The van der Waals surface area contributed by atoms with Gasteiger partial charge in [-0.2, -0.15) is 0 Å². The molecule has 1 aliphatic heterocycles. The molecule has 2 atom stereocenters. The molecule has 1 N–H and O–H groups in total. The number of hydrogen-bond donors (Lipinski definition) is 1. The van der Waals surface area contributed by atoms with E-state index in [9.17, 15) is 0 Å². The van der Waals surface area contributed by atoms with E-state index in [1.165, 1.54) is 36.9 Å². The summed E-state index contributed by atoms with van der Waals surface area (Å²) in [5, 5.41) is 3.65. The van der Waals surface area contributed by atoms with E-state index in [0.29, 0.717) is 12.1 Å². The van der Waals surface area contributed by atoms with E-state index in [1.54, 1.807) is 0 Å². The molecule has 0 aromatic heterocycles. The average Bonchev–Trinajstić information content (AvgIpc) is 2.35. The molecule has 1 fully saturated rings. The van der Waals surface area contributed by atoms with E-state index in [-0.39, 0.29) is 0 Å². The van der Waals surface area contributed by atoms with E-state index in [0.717, 1.165) is 12.2 Å². The van der Waals surface area contributed by atoms with Crippen LogP contribution in [0.4, 0.5) is 5.69 Å². The number of fused-ring (bicyclic) bond motifs is 2. The van der Waals surface area contributed by atoms with E-state index in [4.69, 9.17) is 4.74 Å². The minimum atomic E-state index is 0.397. The van der Waals surface area contributed by atoms with Crippen LogP contribution in [0, 0.1) is 0 Å². The first kappa shape index (κ1) is 10.0. The molecule has 3 rings (SSSR count). The van der Waals surface area contributed by atoms with Crippen molar-refractivity contribution in [2.24, 2.45) is 0 Å². The Morgan fingerprint density at radius 3 is 3.06 bits per heavy atom. The number of ether oxygens (including phenoxy) is 1. The second kappa shape index (κ2) is 4.00. The maximum atomic E-state index is 6.07. The van der Waals surface area contributed by atoms with Crippen molar-refractivity contribution in [3.05, 3.63) is 23.8 Å². The van der Waals surface area contributed by atoms with Gasteiger partial charge in [0.25, 0.3) is 0 Å². The Labute approximate surface area is 97.0 Å². The summed E-state index contributed by atoms with van der Waals surface area (Å²) >= 11 is 0. The summed E-state index contributed by atoms with van der Waals surface area (Å²) in [6, 6.07) is 7.06. The maximum Gasteiger partial charge on any atom is 0.142 e. The van der Waals surface area contributed by atoms with Crippen molar-refractivity contribution >= 4 is 5.69 Å². The van der Waals surface area contributed by atoms with Gasteiger partial charge in [-0.05, 0) is 43.4 Å². The SMILES string of the molecule is CCc1ccc2c(c1)NC1CCCCC1O2. The summed E-state index contributed by atoms with van der Waals surface area (Å²) in [4.78, 5) is 0. The normalized spacial score (nSPS) is 27.3. The highest BCUT2D eigenvalue weighted by molar-refractivity contribution is 5.60. The first-order valence-electron chi connectivity index (χ1n) is 6.43. The summed E-state index contributed by atoms with van der Waals surface area (Å²) in [6.07, 6.45) is 6.58. The second-order valence-electron chi connectivity index (χ2n) is 4.88. The third kappa shape index (κ3) is 1.66. The predicted molar refractivity (Wildman–Crippen MR) is 66.1 cm³/mol. The summed E-state index contributed by atoms with van der Waals surface area (Å²) < 4.78 is 6.07. The molecule has 0 amide bonds. The van der Waals surface area contributed by atoms with Gasteiger partial charge in [0.2, 0.25) is 0 Å². The van der Waals surface area contributed by atoms with Gasteiger partial charge in [-0.25, -0.2) is 0 Å². The molecule has 1 heterocycles. The zero-order chi connectivity index (χ0) is 11.0. The molecule has 2 heteroatoms. The Hall–Kier alpha value is -1.18. The number of rotatable bonds is 1. The van der Waals surface area contributed by atoms with Crippen LogP contribution in [-0.2, 0) is 6.42 Å². The lowest BCUT2D eigenvalue weighted by atomic mass is 9.91. The molecule has 0 radical (unpaired) electrons. The van der Waals surface area contributed by atoms with Crippen LogP contribution in [-0.4, -0.2) is 12.1 Å². The largest absolute Gasteiger partial charge is 0.486 e. The van der Waals surface area contributed by atoms with Gasteiger partial charge < -0.3 is 10.1 Å². The lowest BCUT2D eigenvalue weighted by molar-refractivity contribution is 0.131. The smallest absolute Gasteiger partial charge is 0.142 e. The molecule has 1 aromatic rings. The lowest BCUT2D eigenvalue weighted by Crippen LogP contribution is -2.43. The van der Waals surface area contributed by atoms with Crippen LogP contribution in [0.25, 0.3) is 0 Å². The summed E-state index contributed by atoms with van der Waals surface area (Å²) in [5.74, 6) is 1.04. The first-order chi connectivity index (χ1) is 7.86. The number of nitrogens with one attached hydrogen (secondary N) is 1. The van der Waals surface area contributed by atoms with Crippen LogP contribution in [0.5, 0.6) is 5.75 Å². The van der Waals surface area contributed by atoms with Crippen LogP contribution < -0.4 is 10.1 Å². The fraction of sp³-hybridized carbons (Fsp3) is 0.571. The number of aryl methyl sites for hydroxylation is 1. The van der Waals surface area contributed by atoms with Gasteiger partial charge in [-0.3, -0.25) is 0 Å². The van der Waals surface area contributed by atoms with Crippen molar-refractivity contribution in [3.8, 4) is 5.75 Å². The van der Waals surface area contributed by atoms with Gasteiger partial charge in [-0.1, -0.05) is 19.4 Å². The number of anilines is 1. The highest BCUT2D eigenvalue weighted by Gasteiger charge is 2.31. The average molecular weight is 217 g/mol. The Morgan fingerprint density at radius 1 is 1.31 bits per heavy atom. The lowest BCUT2D eigenvalue weighted by Gasteiger charge is -2.38. The molecular weight excluding hydrogens is 198 g/mol. The van der Waals surface area contributed by atoms with Crippen LogP contribution in [0.15, 0.2) is 18.2 Å². The zero-order valence-corrected chi connectivity index (χ0v) is 9.83. The molecule has 0 spiro atoms. The Morgan fingerprint density at radius 2 is 2.19 bits per heavy atom. The van der Waals surface area contributed by atoms with Gasteiger partial charge in [0, 0.05) is 0 Å². The van der Waals surface area contributed by atoms with E-state index >= 15 is 0 Å². The predicted octanol–water partition coefficient (Wildman–Crippen LogP) is 3.36. The summed E-state index contributed by atoms with van der Waals surface area (Å²) in [5.41, 5.74) is 2.58. The second-order valence-corrected chi connectivity index (χ2v) is 4.88. The fourth-order valence-electron chi connectivity index (χ4n) is 2.78.